The second-order valence-electron chi connectivity index (χ2n) is 2.70. The maximum absolute atomic E-state index is 10.6. The maximum Gasteiger partial charge on any atom is 0.272 e. The Kier molecular flexibility index (Phi) is 3.04. The molecule has 0 radical (unpaired) electrons. The van der Waals surface area contributed by atoms with Crippen LogP contribution in [0.25, 0.3) is 10.4 Å². The lowest BCUT2D eigenvalue weighted by Crippen LogP contribution is -1.96. The van der Waals surface area contributed by atoms with E-state index in [1.54, 1.807) is 25.1 Å². The standard InChI is InChI=1S/C8H8N4O2/c1-6(10-11-9)7-4-2-3-5-8(7)12(13)14/h2-6H,1H3/t6-/m1/s1. The average molecular weight is 192 g/mol. The highest BCUT2D eigenvalue weighted by Crippen LogP contribution is 2.26. The summed E-state index contributed by atoms with van der Waals surface area (Å²) in [6, 6.07) is 5.69. The molecule has 0 saturated heterocycles. The summed E-state index contributed by atoms with van der Waals surface area (Å²) in [4.78, 5) is 12.7. The van der Waals surface area contributed by atoms with E-state index in [4.69, 9.17) is 5.53 Å². The summed E-state index contributed by atoms with van der Waals surface area (Å²) in [5, 5.41) is 14.0. The number of rotatable bonds is 3. The van der Waals surface area contributed by atoms with Gasteiger partial charge in [0.1, 0.15) is 0 Å². The van der Waals surface area contributed by atoms with Gasteiger partial charge in [-0.25, -0.2) is 0 Å². The molecule has 0 saturated carbocycles. The molecule has 0 amide bonds. The Hall–Kier alpha value is -2.07. The second-order valence-corrected chi connectivity index (χ2v) is 2.70. The Labute approximate surface area is 79.9 Å². The summed E-state index contributed by atoms with van der Waals surface area (Å²) in [5.74, 6) is 0. The Morgan fingerprint density at radius 3 is 2.79 bits per heavy atom. The summed E-state index contributed by atoms with van der Waals surface area (Å²) < 4.78 is 0. The Bertz CT molecular complexity index is 398. The molecule has 1 atom stereocenters. The van der Waals surface area contributed by atoms with E-state index in [-0.39, 0.29) is 5.69 Å². The van der Waals surface area contributed by atoms with Crippen LogP contribution in [0.15, 0.2) is 29.4 Å². The molecule has 0 aromatic heterocycles. The van der Waals surface area contributed by atoms with Crippen molar-refractivity contribution in [3.05, 3.63) is 50.4 Å². The first-order valence-electron chi connectivity index (χ1n) is 3.94. The van der Waals surface area contributed by atoms with Gasteiger partial charge in [-0.3, -0.25) is 10.1 Å². The number of benzene rings is 1. The molecule has 0 N–H and O–H groups in total. The smallest absolute Gasteiger partial charge is 0.258 e. The van der Waals surface area contributed by atoms with Gasteiger partial charge in [-0.05, 0) is 5.53 Å². The van der Waals surface area contributed by atoms with E-state index in [9.17, 15) is 10.1 Å². The highest BCUT2D eigenvalue weighted by Gasteiger charge is 2.16. The van der Waals surface area contributed by atoms with E-state index < -0.39 is 11.0 Å². The number of para-hydroxylation sites is 1. The van der Waals surface area contributed by atoms with Crippen molar-refractivity contribution in [1.82, 2.24) is 0 Å². The molecule has 6 heteroatoms. The van der Waals surface area contributed by atoms with Crippen LogP contribution in [-0.4, -0.2) is 4.92 Å². The molecule has 0 aliphatic carbocycles. The van der Waals surface area contributed by atoms with Crippen LogP contribution in [0.3, 0.4) is 0 Å². The normalized spacial score (nSPS) is 11.5. The van der Waals surface area contributed by atoms with E-state index in [1.165, 1.54) is 6.07 Å². The first kappa shape index (κ1) is 10.0. The minimum absolute atomic E-state index is 0.0209. The third-order valence-electron chi connectivity index (χ3n) is 1.81. The van der Waals surface area contributed by atoms with Crippen molar-refractivity contribution < 1.29 is 4.92 Å². The van der Waals surface area contributed by atoms with E-state index in [1.807, 2.05) is 0 Å². The topological polar surface area (TPSA) is 91.9 Å². The SMILES string of the molecule is C[C@@H](N=[N+]=[N-])c1ccccc1[N+](=O)[O-]. The van der Waals surface area contributed by atoms with Gasteiger partial charge < -0.3 is 0 Å². The zero-order valence-corrected chi connectivity index (χ0v) is 7.49. The van der Waals surface area contributed by atoms with Gasteiger partial charge in [0.2, 0.25) is 0 Å². The van der Waals surface area contributed by atoms with Crippen LogP contribution in [0.2, 0.25) is 0 Å². The van der Waals surface area contributed by atoms with Gasteiger partial charge in [-0.1, -0.05) is 30.2 Å². The highest BCUT2D eigenvalue weighted by molar-refractivity contribution is 5.41. The fraction of sp³-hybridized carbons (Fsp3) is 0.250. The van der Waals surface area contributed by atoms with E-state index in [0.717, 1.165) is 0 Å². The van der Waals surface area contributed by atoms with Crippen molar-refractivity contribution >= 4 is 5.69 Å². The van der Waals surface area contributed by atoms with Gasteiger partial charge in [0.15, 0.2) is 0 Å². The molecule has 72 valence electrons. The van der Waals surface area contributed by atoms with Crippen LogP contribution < -0.4 is 0 Å². The predicted octanol–water partition coefficient (Wildman–Crippen LogP) is 2.97. The molecule has 0 spiro atoms. The number of hydrogen-bond donors (Lipinski definition) is 0. The molecule has 1 rings (SSSR count). The lowest BCUT2D eigenvalue weighted by molar-refractivity contribution is -0.385. The van der Waals surface area contributed by atoms with Crippen molar-refractivity contribution in [2.45, 2.75) is 13.0 Å². The van der Waals surface area contributed by atoms with Crippen LogP contribution in [0.1, 0.15) is 18.5 Å². The van der Waals surface area contributed by atoms with Crippen molar-refractivity contribution in [2.24, 2.45) is 5.11 Å². The van der Waals surface area contributed by atoms with Gasteiger partial charge in [0.05, 0.1) is 11.0 Å². The molecule has 0 unspecified atom stereocenters. The molecule has 1 aromatic carbocycles. The van der Waals surface area contributed by atoms with Crippen LogP contribution in [0.5, 0.6) is 0 Å². The fourth-order valence-electron chi connectivity index (χ4n) is 1.15. The zero-order valence-electron chi connectivity index (χ0n) is 7.49. The van der Waals surface area contributed by atoms with Gasteiger partial charge in [-0.15, -0.1) is 0 Å². The monoisotopic (exact) mass is 192 g/mol. The highest BCUT2D eigenvalue weighted by atomic mass is 16.6. The van der Waals surface area contributed by atoms with Gasteiger partial charge in [-0.2, -0.15) is 0 Å². The van der Waals surface area contributed by atoms with Gasteiger partial charge in [0, 0.05) is 16.5 Å². The lowest BCUT2D eigenvalue weighted by atomic mass is 10.1. The lowest BCUT2D eigenvalue weighted by Gasteiger charge is -2.04. The number of nitro benzene ring substituents is 1. The first-order chi connectivity index (χ1) is 6.66. The second kappa shape index (κ2) is 4.25. The number of hydrogen-bond acceptors (Lipinski definition) is 3. The minimum Gasteiger partial charge on any atom is -0.258 e. The molecule has 14 heavy (non-hydrogen) atoms. The van der Waals surface area contributed by atoms with Crippen molar-refractivity contribution in [2.75, 3.05) is 0 Å². The van der Waals surface area contributed by atoms with Gasteiger partial charge >= 0.3 is 0 Å². The summed E-state index contributed by atoms with van der Waals surface area (Å²) >= 11 is 0. The summed E-state index contributed by atoms with van der Waals surface area (Å²) in [7, 11) is 0. The van der Waals surface area contributed by atoms with Crippen LogP contribution >= 0.6 is 0 Å². The first-order valence-corrected chi connectivity index (χ1v) is 3.94. The Morgan fingerprint density at radius 2 is 2.21 bits per heavy atom. The molecule has 0 fully saturated rings. The number of nitrogens with zero attached hydrogens (tertiary/aromatic N) is 4. The van der Waals surface area contributed by atoms with E-state index >= 15 is 0 Å². The van der Waals surface area contributed by atoms with Crippen LogP contribution in [0, 0.1) is 10.1 Å². The van der Waals surface area contributed by atoms with Gasteiger partial charge in [0.25, 0.3) is 5.69 Å². The largest absolute Gasteiger partial charge is 0.272 e. The third-order valence-corrected chi connectivity index (χ3v) is 1.81. The Morgan fingerprint density at radius 1 is 1.57 bits per heavy atom. The minimum atomic E-state index is -0.526. The summed E-state index contributed by atoms with van der Waals surface area (Å²) in [6.45, 7) is 1.61. The van der Waals surface area contributed by atoms with Crippen molar-refractivity contribution in [3.8, 4) is 0 Å². The maximum atomic E-state index is 10.6. The molecule has 1 aromatic rings. The van der Waals surface area contributed by atoms with Crippen molar-refractivity contribution in [3.63, 3.8) is 0 Å². The molecular formula is C8H8N4O2. The predicted molar refractivity (Wildman–Crippen MR) is 50.7 cm³/mol. The molecule has 0 heterocycles. The van der Waals surface area contributed by atoms with E-state index in [2.05, 4.69) is 10.0 Å². The van der Waals surface area contributed by atoms with Crippen LogP contribution in [0.4, 0.5) is 5.69 Å². The molecular weight excluding hydrogens is 184 g/mol. The molecule has 0 bridgehead atoms. The van der Waals surface area contributed by atoms with E-state index in [0.29, 0.717) is 5.56 Å². The molecule has 0 aliphatic heterocycles. The molecule has 0 aliphatic rings. The summed E-state index contributed by atoms with van der Waals surface area (Å²) in [6.07, 6.45) is 0. The summed E-state index contributed by atoms with van der Waals surface area (Å²) in [5.41, 5.74) is 8.62. The number of nitro groups is 1. The molecule has 6 nitrogen and oxygen atoms in total. The number of azide groups is 1. The Balaban J connectivity index is 3.19. The third kappa shape index (κ3) is 1.99. The van der Waals surface area contributed by atoms with Crippen molar-refractivity contribution in [1.29, 1.82) is 0 Å². The average Bonchev–Trinajstić information content (AvgIpc) is 2.18. The van der Waals surface area contributed by atoms with Crippen LogP contribution in [-0.2, 0) is 0 Å². The quantitative estimate of drug-likeness (QED) is 0.242. The zero-order chi connectivity index (χ0) is 10.6. The fourth-order valence-corrected chi connectivity index (χ4v) is 1.15.